The van der Waals surface area contributed by atoms with Crippen LogP contribution in [0.5, 0.6) is 0 Å². The lowest BCUT2D eigenvalue weighted by molar-refractivity contribution is -0.121. The number of sulfonamides is 1. The Hall–Kier alpha value is -1.49. The number of urea groups is 1. The average molecular weight is 487 g/mol. The van der Waals surface area contributed by atoms with Crippen LogP contribution in [0.2, 0.25) is 0 Å². The van der Waals surface area contributed by atoms with Crippen LogP contribution in [0.3, 0.4) is 0 Å². The van der Waals surface area contributed by atoms with E-state index in [0.29, 0.717) is 26.2 Å². The van der Waals surface area contributed by atoms with Gasteiger partial charge in [-0.2, -0.15) is 4.31 Å². The molecule has 1 aliphatic carbocycles. The van der Waals surface area contributed by atoms with Gasteiger partial charge in [0, 0.05) is 36.7 Å². The number of imide groups is 1. The summed E-state index contributed by atoms with van der Waals surface area (Å²) in [5.41, 5.74) is 0. The number of rotatable bonds is 5. The van der Waals surface area contributed by atoms with E-state index in [1.54, 1.807) is 24.3 Å². The molecule has 0 spiro atoms. The zero-order valence-electron chi connectivity index (χ0n) is 16.3. The molecule has 1 saturated heterocycles. The van der Waals surface area contributed by atoms with E-state index in [-0.39, 0.29) is 23.4 Å². The molecule has 10 heteroatoms. The maximum absolute atomic E-state index is 12.7. The minimum Gasteiger partial charge on any atom is -0.335 e. The van der Waals surface area contributed by atoms with E-state index in [0.717, 1.165) is 30.2 Å². The van der Waals surface area contributed by atoms with Crippen molar-refractivity contribution in [3.05, 3.63) is 28.7 Å². The highest BCUT2D eigenvalue weighted by molar-refractivity contribution is 9.10. The van der Waals surface area contributed by atoms with Crippen LogP contribution < -0.4 is 10.6 Å². The molecule has 3 amide bonds. The van der Waals surface area contributed by atoms with Gasteiger partial charge >= 0.3 is 6.03 Å². The zero-order valence-corrected chi connectivity index (χ0v) is 18.7. The normalized spacial score (nSPS) is 19.6. The molecule has 8 nitrogen and oxygen atoms in total. The molecule has 1 aromatic carbocycles. The molecular formula is C19H27BrN4O4S. The summed E-state index contributed by atoms with van der Waals surface area (Å²) in [6.07, 6.45) is 5.31. The number of carbonyl (C=O) groups is 2. The van der Waals surface area contributed by atoms with Gasteiger partial charge in [0.05, 0.1) is 11.4 Å². The lowest BCUT2D eigenvalue weighted by atomic mass is 9.96. The van der Waals surface area contributed by atoms with Gasteiger partial charge in [-0.05, 0) is 37.1 Å². The molecule has 1 aromatic rings. The van der Waals surface area contributed by atoms with Crippen molar-refractivity contribution in [2.75, 3.05) is 32.7 Å². The highest BCUT2D eigenvalue weighted by Crippen LogP contribution is 2.20. The van der Waals surface area contributed by atoms with Crippen molar-refractivity contribution in [3.8, 4) is 0 Å². The first-order valence-electron chi connectivity index (χ1n) is 9.93. The topological polar surface area (TPSA) is 98.8 Å². The highest BCUT2D eigenvalue weighted by atomic mass is 79.9. The quantitative estimate of drug-likeness (QED) is 0.662. The van der Waals surface area contributed by atoms with E-state index >= 15 is 0 Å². The van der Waals surface area contributed by atoms with E-state index in [1.165, 1.54) is 10.7 Å². The Morgan fingerprint density at radius 1 is 1.00 bits per heavy atom. The SMILES string of the molecule is O=C(CN1CCN(S(=O)(=O)c2ccc(Br)cc2)CC1)NC(=O)NC1CCCCC1. The average Bonchev–Trinajstić information content (AvgIpc) is 2.69. The monoisotopic (exact) mass is 486 g/mol. The number of piperazine rings is 1. The van der Waals surface area contributed by atoms with E-state index in [1.807, 2.05) is 4.90 Å². The molecule has 0 unspecified atom stereocenters. The Morgan fingerprint density at radius 2 is 1.62 bits per heavy atom. The second-order valence-electron chi connectivity index (χ2n) is 7.49. The summed E-state index contributed by atoms with van der Waals surface area (Å²) >= 11 is 3.30. The van der Waals surface area contributed by atoms with Gasteiger partial charge in [0.15, 0.2) is 0 Å². The number of nitrogens with one attached hydrogen (secondary N) is 2. The fourth-order valence-corrected chi connectivity index (χ4v) is 5.41. The van der Waals surface area contributed by atoms with E-state index in [4.69, 9.17) is 0 Å². The fourth-order valence-electron chi connectivity index (χ4n) is 3.72. The van der Waals surface area contributed by atoms with E-state index in [9.17, 15) is 18.0 Å². The molecule has 0 bridgehead atoms. The number of amides is 3. The summed E-state index contributed by atoms with van der Waals surface area (Å²) < 4.78 is 27.7. The molecule has 1 heterocycles. The predicted octanol–water partition coefficient (Wildman–Crippen LogP) is 1.91. The standard InChI is InChI=1S/C19H27BrN4O4S/c20-15-6-8-17(9-7-15)29(27,28)24-12-10-23(11-13-24)14-18(25)22-19(26)21-16-4-2-1-3-5-16/h6-9,16H,1-5,10-14H2,(H2,21,22,25,26). The van der Waals surface area contributed by atoms with Crippen molar-refractivity contribution < 1.29 is 18.0 Å². The van der Waals surface area contributed by atoms with Gasteiger partial charge in [-0.1, -0.05) is 35.2 Å². The van der Waals surface area contributed by atoms with Crippen molar-refractivity contribution in [2.24, 2.45) is 0 Å². The van der Waals surface area contributed by atoms with Crippen LogP contribution in [0.25, 0.3) is 0 Å². The third kappa shape index (κ3) is 6.24. The summed E-state index contributed by atoms with van der Waals surface area (Å²) in [6, 6.07) is 6.24. The van der Waals surface area contributed by atoms with Gasteiger partial charge in [-0.3, -0.25) is 15.0 Å². The first kappa shape index (κ1) is 22.2. The third-order valence-corrected chi connectivity index (χ3v) is 7.78. The Balaban J connectivity index is 1.43. The summed E-state index contributed by atoms with van der Waals surface area (Å²) in [5.74, 6) is -0.373. The molecule has 2 aliphatic rings. The zero-order chi connectivity index (χ0) is 20.9. The van der Waals surface area contributed by atoms with Gasteiger partial charge in [-0.25, -0.2) is 13.2 Å². The molecule has 3 rings (SSSR count). The molecule has 0 atom stereocenters. The number of halogens is 1. The van der Waals surface area contributed by atoms with Gasteiger partial charge in [-0.15, -0.1) is 0 Å². The van der Waals surface area contributed by atoms with Crippen LogP contribution in [0, 0.1) is 0 Å². The molecule has 1 saturated carbocycles. The van der Waals surface area contributed by atoms with Crippen LogP contribution in [0.15, 0.2) is 33.6 Å². The van der Waals surface area contributed by atoms with Crippen LogP contribution in [-0.4, -0.2) is 68.3 Å². The minimum atomic E-state index is -3.54. The molecule has 2 fully saturated rings. The van der Waals surface area contributed by atoms with Crippen molar-refractivity contribution >= 4 is 37.9 Å². The summed E-state index contributed by atoms with van der Waals surface area (Å²) in [5, 5.41) is 5.24. The number of hydrogen-bond acceptors (Lipinski definition) is 5. The van der Waals surface area contributed by atoms with Gasteiger partial charge in [0.25, 0.3) is 0 Å². The minimum absolute atomic E-state index is 0.0737. The lowest BCUT2D eigenvalue weighted by Crippen LogP contribution is -2.52. The Kier molecular flexibility index (Phi) is 7.66. The molecular weight excluding hydrogens is 460 g/mol. The fraction of sp³-hybridized carbons (Fsp3) is 0.579. The molecule has 160 valence electrons. The molecule has 0 aromatic heterocycles. The molecule has 29 heavy (non-hydrogen) atoms. The van der Waals surface area contributed by atoms with Gasteiger partial charge < -0.3 is 5.32 Å². The number of benzene rings is 1. The Bertz CT molecular complexity index is 817. The van der Waals surface area contributed by atoms with Gasteiger partial charge in [0.1, 0.15) is 0 Å². The Morgan fingerprint density at radius 3 is 2.24 bits per heavy atom. The Labute approximate surface area is 180 Å². The van der Waals surface area contributed by atoms with Crippen molar-refractivity contribution in [2.45, 2.75) is 43.0 Å². The second kappa shape index (κ2) is 10.0. The van der Waals surface area contributed by atoms with E-state index in [2.05, 4.69) is 26.6 Å². The number of nitrogens with zero attached hydrogens (tertiary/aromatic N) is 2. The van der Waals surface area contributed by atoms with Crippen LogP contribution >= 0.6 is 15.9 Å². The first-order valence-corrected chi connectivity index (χ1v) is 12.2. The van der Waals surface area contributed by atoms with Gasteiger partial charge in [0.2, 0.25) is 15.9 Å². The third-order valence-electron chi connectivity index (χ3n) is 5.34. The summed E-state index contributed by atoms with van der Waals surface area (Å²) in [7, 11) is -3.54. The predicted molar refractivity (Wildman–Crippen MR) is 113 cm³/mol. The number of carbonyl (C=O) groups excluding carboxylic acids is 2. The van der Waals surface area contributed by atoms with E-state index < -0.39 is 16.1 Å². The van der Waals surface area contributed by atoms with Crippen molar-refractivity contribution in [1.82, 2.24) is 19.8 Å². The largest absolute Gasteiger partial charge is 0.335 e. The number of hydrogen-bond donors (Lipinski definition) is 2. The van der Waals surface area contributed by atoms with Crippen molar-refractivity contribution in [3.63, 3.8) is 0 Å². The summed E-state index contributed by atoms with van der Waals surface area (Å²) in [6.45, 7) is 1.56. The maximum atomic E-state index is 12.7. The highest BCUT2D eigenvalue weighted by Gasteiger charge is 2.29. The maximum Gasteiger partial charge on any atom is 0.321 e. The molecule has 2 N–H and O–H groups in total. The first-order chi connectivity index (χ1) is 13.8. The van der Waals surface area contributed by atoms with Crippen LogP contribution in [-0.2, 0) is 14.8 Å². The van der Waals surface area contributed by atoms with Crippen LogP contribution in [0.4, 0.5) is 4.79 Å². The van der Waals surface area contributed by atoms with Crippen LogP contribution in [0.1, 0.15) is 32.1 Å². The second-order valence-corrected chi connectivity index (χ2v) is 10.3. The molecule has 1 aliphatic heterocycles. The van der Waals surface area contributed by atoms with Crippen molar-refractivity contribution in [1.29, 1.82) is 0 Å². The smallest absolute Gasteiger partial charge is 0.321 e. The lowest BCUT2D eigenvalue weighted by Gasteiger charge is -2.33. The molecule has 0 radical (unpaired) electrons. The summed E-state index contributed by atoms with van der Waals surface area (Å²) in [4.78, 5) is 26.2.